The van der Waals surface area contributed by atoms with Gasteiger partial charge < -0.3 is 25.8 Å². The third-order valence-electron chi connectivity index (χ3n) is 6.25. The minimum absolute atomic E-state index is 0.202. The van der Waals surface area contributed by atoms with Crippen molar-refractivity contribution in [2.24, 2.45) is 0 Å². The van der Waals surface area contributed by atoms with Crippen LogP contribution in [-0.4, -0.2) is 36.2 Å². The van der Waals surface area contributed by atoms with Crippen molar-refractivity contribution in [2.45, 2.75) is 25.9 Å². The van der Waals surface area contributed by atoms with Crippen molar-refractivity contribution in [3.8, 4) is 11.5 Å². The number of pyridine rings is 1. The summed E-state index contributed by atoms with van der Waals surface area (Å²) in [5.41, 5.74) is 9.82. The van der Waals surface area contributed by atoms with Crippen LogP contribution < -0.4 is 31.2 Å². The zero-order chi connectivity index (χ0) is 26.5. The van der Waals surface area contributed by atoms with E-state index in [-0.39, 0.29) is 12.0 Å². The molecule has 0 aliphatic carbocycles. The molecule has 0 spiro atoms. The largest absolute Gasteiger partial charge is 0.490 e. The van der Waals surface area contributed by atoms with Gasteiger partial charge in [0.25, 0.3) is 5.91 Å². The number of nitrogen functional groups attached to an aromatic ring is 1. The van der Waals surface area contributed by atoms with Crippen molar-refractivity contribution >= 4 is 40.0 Å². The number of aryl methyl sites for hydroxylation is 1. The number of nitrogens with one attached hydrogen (secondary N) is 3. The molecule has 1 saturated heterocycles. The maximum atomic E-state index is 12.7. The van der Waals surface area contributed by atoms with E-state index in [0.29, 0.717) is 33.8 Å². The number of piperidine rings is 1. The highest BCUT2D eigenvalue weighted by atomic mass is 16.6. The zero-order valence-corrected chi connectivity index (χ0v) is 21.0. The van der Waals surface area contributed by atoms with Crippen molar-refractivity contribution in [2.75, 3.05) is 29.5 Å². The van der Waals surface area contributed by atoms with Gasteiger partial charge in [-0.1, -0.05) is 0 Å². The number of nitrogens with zero attached hydrogens (tertiary/aromatic N) is 1. The molecule has 1 fully saturated rings. The standard InChI is InChI=1S/C29H29N5O4/c1-18-16-26(30)25-17-24(10-11-27(25)32-18)38-29(36)34-21-6-4-20(5-7-21)33-28(35)19-2-8-22(9-3-19)37-23-12-14-31-15-13-23/h2-11,16-17,23,31H,12-15H2,1H3,(H2,30,32)(H,33,35)(H,34,36). The van der Waals surface area contributed by atoms with E-state index in [1.54, 1.807) is 60.7 Å². The molecule has 0 radical (unpaired) electrons. The van der Waals surface area contributed by atoms with Crippen LogP contribution in [0.4, 0.5) is 21.9 Å². The molecule has 1 aliphatic rings. The number of aromatic nitrogens is 1. The average molecular weight is 512 g/mol. The molecule has 5 N–H and O–H groups in total. The molecule has 194 valence electrons. The Labute approximate surface area is 220 Å². The topological polar surface area (TPSA) is 128 Å². The number of carbonyl (C=O) groups excluding carboxylic acids is 2. The van der Waals surface area contributed by atoms with Crippen LogP contribution in [-0.2, 0) is 0 Å². The van der Waals surface area contributed by atoms with E-state index in [2.05, 4.69) is 20.9 Å². The van der Waals surface area contributed by atoms with Crippen molar-refractivity contribution < 1.29 is 19.1 Å². The molecule has 9 nitrogen and oxygen atoms in total. The SMILES string of the molecule is Cc1cc(N)c2cc(OC(=O)Nc3ccc(NC(=O)c4ccc(OC5CCNCC5)cc4)cc3)ccc2n1. The fourth-order valence-electron chi connectivity index (χ4n) is 4.31. The minimum atomic E-state index is -0.647. The van der Waals surface area contributed by atoms with Crippen LogP contribution >= 0.6 is 0 Å². The first kappa shape index (κ1) is 25.0. The van der Waals surface area contributed by atoms with Gasteiger partial charge in [0.2, 0.25) is 0 Å². The van der Waals surface area contributed by atoms with Gasteiger partial charge in [-0.2, -0.15) is 0 Å². The number of carbonyl (C=O) groups is 2. The predicted octanol–water partition coefficient (Wildman–Crippen LogP) is 5.12. The molecule has 9 heteroatoms. The van der Waals surface area contributed by atoms with E-state index in [1.165, 1.54) is 0 Å². The van der Waals surface area contributed by atoms with E-state index in [1.807, 2.05) is 19.1 Å². The normalized spacial score (nSPS) is 13.6. The minimum Gasteiger partial charge on any atom is -0.490 e. The number of anilines is 3. The van der Waals surface area contributed by atoms with Crippen LogP contribution in [0.1, 0.15) is 28.9 Å². The second-order valence-electron chi connectivity index (χ2n) is 9.17. The summed E-state index contributed by atoms with van der Waals surface area (Å²) < 4.78 is 11.4. The smallest absolute Gasteiger partial charge is 0.417 e. The summed E-state index contributed by atoms with van der Waals surface area (Å²) >= 11 is 0. The number of amides is 2. The summed E-state index contributed by atoms with van der Waals surface area (Å²) in [5.74, 6) is 0.872. The number of hydrogen-bond acceptors (Lipinski definition) is 7. The third-order valence-corrected chi connectivity index (χ3v) is 6.25. The second-order valence-corrected chi connectivity index (χ2v) is 9.17. The molecule has 0 bridgehead atoms. The number of rotatable bonds is 6. The van der Waals surface area contributed by atoms with Gasteiger partial charge in [0.15, 0.2) is 0 Å². The van der Waals surface area contributed by atoms with Crippen molar-refractivity contribution in [1.82, 2.24) is 10.3 Å². The highest BCUT2D eigenvalue weighted by molar-refractivity contribution is 6.04. The molecule has 0 unspecified atom stereocenters. The summed E-state index contributed by atoms with van der Waals surface area (Å²) in [7, 11) is 0. The lowest BCUT2D eigenvalue weighted by molar-refractivity contribution is 0.102. The van der Waals surface area contributed by atoms with E-state index in [9.17, 15) is 9.59 Å². The van der Waals surface area contributed by atoms with Gasteiger partial charge in [-0.3, -0.25) is 15.1 Å². The molecule has 1 aliphatic heterocycles. The van der Waals surface area contributed by atoms with Crippen LogP contribution in [0.2, 0.25) is 0 Å². The summed E-state index contributed by atoms with van der Waals surface area (Å²) in [6, 6.07) is 20.8. The Kier molecular flexibility index (Phi) is 7.37. The van der Waals surface area contributed by atoms with Crippen LogP contribution in [0.25, 0.3) is 10.9 Å². The van der Waals surface area contributed by atoms with Crippen LogP contribution in [0.3, 0.4) is 0 Å². The number of benzene rings is 3. The molecular weight excluding hydrogens is 482 g/mol. The Morgan fingerprint density at radius 2 is 1.55 bits per heavy atom. The van der Waals surface area contributed by atoms with Gasteiger partial charge >= 0.3 is 6.09 Å². The third kappa shape index (κ3) is 6.19. The van der Waals surface area contributed by atoms with Gasteiger partial charge in [0.1, 0.15) is 17.6 Å². The van der Waals surface area contributed by atoms with E-state index in [4.69, 9.17) is 15.2 Å². The first-order valence-corrected chi connectivity index (χ1v) is 12.5. The molecule has 38 heavy (non-hydrogen) atoms. The average Bonchev–Trinajstić information content (AvgIpc) is 2.91. The summed E-state index contributed by atoms with van der Waals surface area (Å²) in [4.78, 5) is 29.5. The van der Waals surface area contributed by atoms with Gasteiger partial charge in [0.05, 0.1) is 5.52 Å². The molecule has 5 rings (SSSR count). The predicted molar refractivity (Wildman–Crippen MR) is 148 cm³/mol. The van der Waals surface area contributed by atoms with Crippen molar-refractivity contribution in [3.63, 3.8) is 0 Å². The first-order valence-electron chi connectivity index (χ1n) is 12.5. The number of fused-ring (bicyclic) bond motifs is 1. The lowest BCUT2D eigenvalue weighted by Gasteiger charge is -2.23. The molecule has 1 aromatic heterocycles. The number of hydrogen-bond donors (Lipinski definition) is 4. The first-order chi connectivity index (χ1) is 18.4. The maximum absolute atomic E-state index is 12.7. The van der Waals surface area contributed by atoms with Gasteiger partial charge in [0, 0.05) is 33.7 Å². The Balaban J connectivity index is 1.14. The van der Waals surface area contributed by atoms with Crippen LogP contribution in [0.5, 0.6) is 11.5 Å². The molecule has 0 atom stereocenters. The fraction of sp³-hybridized carbons (Fsp3) is 0.207. The summed E-state index contributed by atoms with van der Waals surface area (Å²) in [6.45, 7) is 3.78. The van der Waals surface area contributed by atoms with Crippen molar-refractivity contribution in [1.29, 1.82) is 0 Å². The number of nitrogens with two attached hydrogens (primary N) is 1. The summed E-state index contributed by atoms with van der Waals surface area (Å²) in [5, 5.41) is 9.56. The molecule has 2 heterocycles. The van der Waals surface area contributed by atoms with Crippen LogP contribution in [0, 0.1) is 6.92 Å². The summed E-state index contributed by atoms with van der Waals surface area (Å²) in [6.07, 6.45) is 1.50. The van der Waals surface area contributed by atoms with Gasteiger partial charge in [-0.05, 0) is 106 Å². The highest BCUT2D eigenvalue weighted by Crippen LogP contribution is 2.26. The lowest BCUT2D eigenvalue weighted by atomic mass is 10.1. The maximum Gasteiger partial charge on any atom is 0.417 e. The Hall–Kier alpha value is -4.63. The van der Waals surface area contributed by atoms with Crippen molar-refractivity contribution in [3.05, 3.63) is 84.1 Å². The van der Waals surface area contributed by atoms with E-state index in [0.717, 1.165) is 42.9 Å². The quantitative estimate of drug-likeness (QED) is 0.283. The molecule has 3 aromatic carbocycles. The Morgan fingerprint density at radius 3 is 2.26 bits per heavy atom. The van der Waals surface area contributed by atoms with E-state index >= 15 is 0 Å². The molecular formula is C29H29N5O4. The highest BCUT2D eigenvalue weighted by Gasteiger charge is 2.15. The van der Waals surface area contributed by atoms with Gasteiger partial charge in [-0.15, -0.1) is 0 Å². The fourth-order valence-corrected chi connectivity index (χ4v) is 4.31. The molecule has 2 amide bonds. The monoisotopic (exact) mass is 511 g/mol. The molecule has 0 saturated carbocycles. The number of ether oxygens (including phenoxy) is 2. The van der Waals surface area contributed by atoms with E-state index < -0.39 is 6.09 Å². The molecule has 4 aromatic rings. The second kappa shape index (κ2) is 11.2. The Bertz CT molecular complexity index is 1450. The zero-order valence-electron chi connectivity index (χ0n) is 21.0. The Morgan fingerprint density at radius 1 is 0.895 bits per heavy atom. The van der Waals surface area contributed by atoms with Gasteiger partial charge in [-0.25, -0.2) is 4.79 Å². The lowest BCUT2D eigenvalue weighted by Crippen LogP contribution is -2.34. The van der Waals surface area contributed by atoms with Crippen LogP contribution in [0.15, 0.2) is 72.8 Å².